The Balaban J connectivity index is 1.68. The number of rotatable bonds is 5. The fraction of sp³-hybridized carbons (Fsp3) is 0.150. The quantitative estimate of drug-likeness (QED) is 0.544. The molecule has 0 heterocycles. The van der Waals surface area contributed by atoms with Gasteiger partial charge in [0, 0.05) is 23.7 Å². The highest BCUT2D eigenvalue weighted by Crippen LogP contribution is 2.21. The summed E-state index contributed by atoms with van der Waals surface area (Å²) >= 11 is 0. The molecule has 6 heteroatoms. The van der Waals surface area contributed by atoms with Gasteiger partial charge in [0.1, 0.15) is 0 Å². The maximum atomic E-state index is 12.2. The number of aryl methyl sites for hydroxylation is 1. The van der Waals surface area contributed by atoms with Crippen LogP contribution in [0, 0.1) is 17.0 Å². The topological polar surface area (TPSA) is 92.5 Å². The third kappa shape index (κ3) is 3.70. The van der Waals surface area contributed by atoms with E-state index in [-0.39, 0.29) is 18.1 Å². The second-order valence-electron chi connectivity index (χ2n) is 6.09. The maximum Gasteiger partial charge on any atom is 0.272 e. The zero-order valence-corrected chi connectivity index (χ0v) is 14.2. The summed E-state index contributed by atoms with van der Waals surface area (Å²) in [5, 5.41) is 25.9. The molecule has 26 heavy (non-hydrogen) atoms. The molecule has 3 aromatic rings. The molecule has 3 aromatic carbocycles. The van der Waals surface area contributed by atoms with Crippen LogP contribution in [0.15, 0.2) is 60.7 Å². The average molecular weight is 350 g/mol. The van der Waals surface area contributed by atoms with E-state index in [0.29, 0.717) is 16.7 Å². The monoisotopic (exact) mass is 350 g/mol. The Bertz CT molecular complexity index is 984. The molecule has 0 bridgehead atoms. The standard InChI is InChI=1S/C20H18N2O4/c1-13-10-17(8-9-18(13)22(25)26)20(24)21-12-19(23)16-7-6-14-4-2-3-5-15(14)11-16/h2-11,19,23H,12H2,1H3,(H,21,24). The highest BCUT2D eigenvalue weighted by atomic mass is 16.6. The van der Waals surface area contributed by atoms with E-state index in [0.717, 1.165) is 10.8 Å². The molecule has 0 spiro atoms. The lowest BCUT2D eigenvalue weighted by Gasteiger charge is -2.13. The Kier molecular flexibility index (Phi) is 4.95. The van der Waals surface area contributed by atoms with Crippen LogP contribution in [-0.2, 0) is 0 Å². The van der Waals surface area contributed by atoms with Crippen molar-refractivity contribution >= 4 is 22.4 Å². The van der Waals surface area contributed by atoms with Gasteiger partial charge in [0.2, 0.25) is 0 Å². The summed E-state index contributed by atoms with van der Waals surface area (Å²) in [4.78, 5) is 22.6. The molecule has 1 amide bonds. The van der Waals surface area contributed by atoms with E-state index in [1.54, 1.807) is 6.92 Å². The molecule has 0 aromatic heterocycles. The second-order valence-corrected chi connectivity index (χ2v) is 6.09. The fourth-order valence-corrected chi connectivity index (χ4v) is 2.83. The predicted octanol–water partition coefficient (Wildman–Crippen LogP) is 3.52. The van der Waals surface area contributed by atoms with Crippen LogP contribution >= 0.6 is 0 Å². The zero-order chi connectivity index (χ0) is 18.7. The predicted molar refractivity (Wildman–Crippen MR) is 99.1 cm³/mol. The van der Waals surface area contributed by atoms with Crippen molar-refractivity contribution in [3.05, 3.63) is 87.5 Å². The number of carbonyl (C=O) groups is 1. The van der Waals surface area contributed by atoms with E-state index in [2.05, 4.69) is 5.32 Å². The van der Waals surface area contributed by atoms with Gasteiger partial charge in [-0.15, -0.1) is 0 Å². The summed E-state index contributed by atoms with van der Waals surface area (Å²) in [7, 11) is 0. The normalized spacial score (nSPS) is 11.9. The first kappa shape index (κ1) is 17.6. The van der Waals surface area contributed by atoms with Crippen LogP contribution in [-0.4, -0.2) is 22.5 Å². The number of nitrogens with one attached hydrogen (secondary N) is 1. The van der Waals surface area contributed by atoms with Crippen molar-refractivity contribution < 1.29 is 14.8 Å². The molecule has 0 aliphatic rings. The third-order valence-corrected chi connectivity index (χ3v) is 4.27. The number of nitro benzene ring substituents is 1. The van der Waals surface area contributed by atoms with Gasteiger partial charge < -0.3 is 10.4 Å². The van der Waals surface area contributed by atoms with E-state index < -0.39 is 11.0 Å². The van der Waals surface area contributed by atoms with Crippen LogP contribution in [0.2, 0.25) is 0 Å². The molecule has 6 nitrogen and oxygen atoms in total. The molecule has 0 aliphatic carbocycles. The van der Waals surface area contributed by atoms with Crippen molar-refractivity contribution in [2.75, 3.05) is 6.54 Å². The Labute approximate surface area is 150 Å². The molecule has 0 fully saturated rings. The van der Waals surface area contributed by atoms with Gasteiger partial charge in [0.05, 0.1) is 11.0 Å². The van der Waals surface area contributed by atoms with Gasteiger partial charge in [-0.05, 0) is 41.5 Å². The van der Waals surface area contributed by atoms with Crippen molar-refractivity contribution in [2.45, 2.75) is 13.0 Å². The van der Waals surface area contributed by atoms with Gasteiger partial charge in [-0.25, -0.2) is 0 Å². The lowest BCUT2D eigenvalue weighted by molar-refractivity contribution is -0.385. The lowest BCUT2D eigenvalue weighted by Crippen LogP contribution is -2.28. The van der Waals surface area contributed by atoms with Crippen molar-refractivity contribution in [3.8, 4) is 0 Å². The number of aliphatic hydroxyl groups excluding tert-OH is 1. The first-order valence-corrected chi connectivity index (χ1v) is 8.15. The molecular weight excluding hydrogens is 332 g/mol. The summed E-state index contributed by atoms with van der Waals surface area (Å²) in [6.45, 7) is 1.63. The molecule has 3 rings (SSSR count). The number of benzene rings is 3. The van der Waals surface area contributed by atoms with Crippen molar-refractivity contribution in [1.82, 2.24) is 5.32 Å². The molecule has 0 saturated heterocycles. The van der Waals surface area contributed by atoms with E-state index in [1.807, 2.05) is 42.5 Å². The highest BCUT2D eigenvalue weighted by Gasteiger charge is 2.15. The van der Waals surface area contributed by atoms with Crippen molar-refractivity contribution in [1.29, 1.82) is 0 Å². The summed E-state index contributed by atoms with van der Waals surface area (Å²) in [5.41, 5.74) is 1.41. The van der Waals surface area contributed by atoms with Gasteiger partial charge in [-0.1, -0.05) is 36.4 Å². The number of fused-ring (bicyclic) bond motifs is 1. The van der Waals surface area contributed by atoms with Gasteiger partial charge >= 0.3 is 0 Å². The zero-order valence-electron chi connectivity index (χ0n) is 14.2. The largest absolute Gasteiger partial charge is 0.387 e. The molecule has 132 valence electrons. The van der Waals surface area contributed by atoms with Crippen LogP contribution < -0.4 is 5.32 Å². The molecule has 0 radical (unpaired) electrons. The number of amides is 1. The van der Waals surface area contributed by atoms with E-state index in [1.165, 1.54) is 18.2 Å². The fourth-order valence-electron chi connectivity index (χ4n) is 2.83. The minimum absolute atomic E-state index is 0.0299. The van der Waals surface area contributed by atoms with E-state index >= 15 is 0 Å². The number of carbonyl (C=O) groups excluding carboxylic acids is 1. The highest BCUT2D eigenvalue weighted by molar-refractivity contribution is 5.94. The van der Waals surface area contributed by atoms with Crippen molar-refractivity contribution in [2.24, 2.45) is 0 Å². The van der Waals surface area contributed by atoms with Crippen LogP contribution in [0.4, 0.5) is 5.69 Å². The van der Waals surface area contributed by atoms with E-state index in [9.17, 15) is 20.0 Å². The van der Waals surface area contributed by atoms with Crippen LogP contribution in [0.25, 0.3) is 10.8 Å². The van der Waals surface area contributed by atoms with Crippen LogP contribution in [0.5, 0.6) is 0 Å². The summed E-state index contributed by atoms with van der Waals surface area (Å²) in [6, 6.07) is 17.7. The minimum Gasteiger partial charge on any atom is -0.387 e. The summed E-state index contributed by atoms with van der Waals surface area (Å²) in [6.07, 6.45) is -0.845. The SMILES string of the molecule is Cc1cc(C(=O)NCC(O)c2ccc3ccccc3c2)ccc1[N+](=O)[O-]. The summed E-state index contributed by atoms with van der Waals surface area (Å²) in [5.74, 6) is -0.386. The number of hydrogen-bond donors (Lipinski definition) is 2. The Hall–Kier alpha value is -3.25. The number of nitrogens with zero attached hydrogens (tertiary/aromatic N) is 1. The molecule has 0 saturated carbocycles. The first-order chi connectivity index (χ1) is 12.5. The van der Waals surface area contributed by atoms with Crippen molar-refractivity contribution in [3.63, 3.8) is 0 Å². The van der Waals surface area contributed by atoms with Gasteiger partial charge in [0.25, 0.3) is 11.6 Å². The third-order valence-electron chi connectivity index (χ3n) is 4.27. The number of nitro groups is 1. The first-order valence-electron chi connectivity index (χ1n) is 8.15. The minimum atomic E-state index is -0.845. The maximum absolute atomic E-state index is 12.2. The number of aliphatic hydroxyl groups is 1. The molecule has 1 unspecified atom stereocenters. The Morgan fingerprint density at radius 3 is 2.54 bits per heavy atom. The molecular formula is C20H18N2O4. The smallest absolute Gasteiger partial charge is 0.272 e. The van der Waals surface area contributed by atoms with Crippen LogP contribution in [0.3, 0.4) is 0 Å². The molecule has 0 aliphatic heterocycles. The van der Waals surface area contributed by atoms with E-state index in [4.69, 9.17) is 0 Å². The second kappa shape index (κ2) is 7.33. The van der Waals surface area contributed by atoms with Gasteiger partial charge in [-0.2, -0.15) is 0 Å². The van der Waals surface area contributed by atoms with Crippen LogP contribution in [0.1, 0.15) is 27.6 Å². The average Bonchev–Trinajstić information content (AvgIpc) is 2.65. The lowest BCUT2D eigenvalue weighted by atomic mass is 10.0. The summed E-state index contributed by atoms with van der Waals surface area (Å²) < 4.78 is 0. The number of hydrogen-bond acceptors (Lipinski definition) is 4. The Morgan fingerprint density at radius 1 is 1.12 bits per heavy atom. The van der Waals surface area contributed by atoms with Gasteiger partial charge in [-0.3, -0.25) is 14.9 Å². The molecule has 1 atom stereocenters. The van der Waals surface area contributed by atoms with Gasteiger partial charge in [0.15, 0.2) is 0 Å². The Morgan fingerprint density at radius 2 is 1.85 bits per heavy atom. The molecule has 2 N–H and O–H groups in total.